The second-order valence-electron chi connectivity index (χ2n) is 7.24. The Hall–Kier alpha value is -2.44. The molecule has 4 aromatic rings. The van der Waals surface area contributed by atoms with Crippen molar-refractivity contribution in [1.82, 2.24) is 9.97 Å². The fourth-order valence-corrected chi connectivity index (χ4v) is 4.91. The molecule has 0 amide bonds. The van der Waals surface area contributed by atoms with Crippen LogP contribution in [-0.2, 0) is 0 Å². The summed E-state index contributed by atoms with van der Waals surface area (Å²) >= 11 is 5.35. The first-order chi connectivity index (χ1) is 14.6. The van der Waals surface area contributed by atoms with E-state index >= 15 is 0 Å². The van der Waals surface area contributed by atoms with Gasteiger partial charge in [-0.05, 0) is 61.7 Å². The fraction of sp³-hybridized carbons (Fsp3) is 0.250. The Morgan fingerprint density at radius 2 is 1.90 bits per heavy atom. The first-order valence-corrected chi connectivity index (χ1v) is 11.6. The molecule has 0 bridgehead atoms. The lowest BCUT2D eigenvalue weighted by molar-refractivity contribution is 0.308. The number of thiophene rings is 1. The van der Waals surface area contributed by atoms with E-state index in [2.05, 4.69) is 87.2 Å². The van der Waals surface area contributed by atoms with Crippen molar-refractivity contribution in [2.75, 3.05) is 25.1 Å². The molecule has 0 aliphatic rings. The summed E-state index contributed by atoms with van der Waals surface area (Å²) in [5.41, 5.74) is 2.57. The predicted octanol–water partition coefficient (Wildman–Crippen LogP) is 6.72. The smallest absolute Gasteiger partial charge is 0.131 e. The molecule has 0 unspecified atom stereocenters. The standard InChI is InChI=1S/C24H24BrN3OS/c1-17-24(18-5-7-19(25)8-6-18)21-10-9-20(15-22(21)30-17)29-14-4-3-13-28(2)23-11-12-26-16-27-23/h5-12,15-16H,3-4,13-14H2,1-2H3. The number of halogens is 1. The van der Waals surface area contributed by atoms with Crippen LogP contribution in [0.5, 0.6) is 5.75 Å². The number of unbranched alkanes of at least 4 members (excludes halogenated alkanes) is 1. The van der Waals surface area contributed by atoms with Gasteiger partial charge in [-0.2, -0.15) is 0 Å². The second kappa shape index (κ2) is 9.58. The van der Waals surface area contributed by atoms with Crippen LogP contribution in [0.3, 0.4) is 0 Å². The lowest BCUT2D eigenvalue weighted by Crippen LogP contribution is -2.20. The normalized spacial score (nSPS) is 11.0. The molecule has 0 radical (unpaired) electrons. The predicted molar refractivity (Wildman–Crippen MR) is 130 cm³/mol. The summed E-state index contributed by atoms with van der Waals surface area (Å²) in [6.07, 6.45) is 5.40. The number of benzene rings is 2. The Kier molecular flexibility index (Phi) is 6.65. The van der Waals surface area contributed by atoms with Gasteiger partial charge >= 0.3 is 0 Å². The molecule has 0 atom stereocenters. The lowest BCUT2D eigenvalue weighted by atomic mass is 10.0. The van der Waals surface area contributed by atoms with E-state index in [1.807, 2.05) is 17.4 Å². The van der Waals surface area contributed by atoms with Gasteiger partial charge in [0.15, 0.2) is 0 Å². The number of rotatable bonds is 8. The Morgan fingerprint density at radius 1 is 1.07 bits per heavy atom. The highest BCUT2D eigenvalue weighted by molar-refractivity contribution is 9.10. The maximum Gasteiger partial charge on any atom is 0.131 e. The van der Waals surface area contributed by atoms with Crippen molar-refractivity contribution in [1.29, 1.82) is 0 Å². The van der Waals surface area contributed by atoms with Gasteiger partial charge in [-0.1, -0.05) is 28.1 Å². The Bertz CT molecular complexity index is 1110. The molecule has 0 saturated heterocycles. The molecule has 0 fully saturated rings. The highest BCUT2D eigenvalue weighted by Gasteiger charge is 2.12. The molecule has 0 aliphatic carbocycles. The molecule has 4 nitrogen and oxygen atoms in total. The molecule has 30 heavy (non-hydrogen) atoms. The fourth-order valence-electron chi connectivity index (χ4n) is 3.53. The molecule has 0 spiro atoms. The number of fused-ring (bicyclic) bond motifs is 1. The van der Waals surface area contributed by atoms with E-state index in [9.17, 15) is 0 Å². The van der Waals surface area contributed by atoms with E-state index in [0.29, 0.717) is 6.61 Å². The number of ether oxygens (including phenoxy) is 1. The van der Waals surface area contributed by atoms with Crippen LogP contribution in [-0.4, -0.2) is 30.2 Å². The third kappa shape index (κ3) is 4.82. The van der Waals surface area contributed by atoms with Gasteiger partial charge in [0.2, 0.25) is 0 Å². The number of aromatic nitrogens is 2. The summed E-state index contributed by atoms with van der Waals surface area (Å²) in [7, 11) is 2.05. The van der Waals surface area contributed by atoms with Crippen LogP contribution in [0.25, 0.3) is 21.2 Å². The molecule has 0 saturated carbocycles. The van der Waals surface area contributed by atoms with Crippen LogP contribution in [0.1, 0.15) is 17.7 Å². The van der Waals surface area contributed by atoms with Crippen molar-refractivity contribution in [2.45, 2.75) is 19.8 Å². The number of anilines is 1. The number of aryl methyl sites for hydroxylation is 1. The van der Waals surface area contributed by atoms with E-state index < -0.39 is 0 Å². The molecular formula is C24H24BrN3OS. The highest BCUT2D eigenvalue weighted by atomic mass is 79.9. The average Bonchev–Trinajstić information content (AvgIpc) is 3.09. The van der Waals surface area contributed by atoms with Crippen molar-refractivity contribution in [2.24, 2.45) is 0 Å². The first-order valence-electron chi connectivity index (χ1n) is 10.0. The minimum atomic E-state index is 0.715. The number of nitrogens with zero attached hydrogens (tertiary/aromatic N) is 3. The minimum absolute atomic E-state index is 0.715. The van der Waals surface area contributed by atoms with Crippen molar-refractivity contribution in [3.05, 3.63) is 70.4 Å². The van der Waals surface area contributed by atoms with Crippen molar-refractivity contribution >= 4 is 43.2 Å². The maximum absolute atomic E-state index is 6.03. The SMILES string of the molecule is Cc1sc2cc(OCCCCN(C)c3ccncn3)ccc2c1-c1ccc(Br)cc1. The number of hydrogen-bond donors (Lipinski definition) is 0. The first kappa shape index (κ1) is 20.8. The van der Waals surface area contributed by atoms with Crippen LogP contribution in [0.15, 0.2) is 65.5 Å². The van der Waals surface area contributed by atoms with Crippen LogP contribution in [0.4, 0.5) is 5.82 Å². The van der Waals surface area contributed by atoms with Gasteiger partial charge < -0.3 is 9.64 Å². The summed E-state index contributed by atoms with van der Waals surface area (Å²) < 4.78 is 8.40. The number of hydrogen-bond acceptors (Lipinski definition) is 5. The van der Waals surface area contributed by atoms with Crippen LogP contribution >= 0.6 is 27.3 Å². The summed E-state index contributed by atoms with van der Waals surface area (Å²) in [6.45, 7) is 3.85. The molecule has 2 aromatic heterocycles. The molecule has 6 heteroatoms. The zero-order valence-electron chi connectivity index (χ0n) is 17.1. The zero-order valence-corrected chi connectivity index (χ0v) is 19.5. The molecule has 0 aliphatic heterocycles. The highest BCUT2D eigenvalue weighted by Crippen LogP contribution is 2.40. The Balaban J connectivity index is 1.35. The van der Waals surface area contributed by atoms with Crippen molar-refractivity contribution in [3.63, 3.8) is 0 Å². The van der Waals surface area contributed by atoms with Gasteiger partial charge in [-0.25, -0.2) is 9.97 Å². The maximum atomic E-state index is 6.03. The second-order valence-corrected chi connectivity index (χ2v) is 9.41. The molecule has 4 rings (SSSR count). The summed E-state index contributed by atoms with van der Waals surface area (Å²) in [6, 6.07) is 16.9. The Labute approximate surface area is 189 Å². The van der Waals surface area contributed by atoms with E-state index in [1.165, 1.54) is 26.1 Å². The van der Waals surface area contributed by atoms with Gasteiger partial charge in [-0.15, -0.1) is 11.3 Å². The van der Waals surface area contributed by atoms with Crippen LogP contribution in [0, 0.1) is 6.92 Å². The summed E-state index contributed by atoms with van der Waals surface area (Å²) in [4.78, 5) is 11.7. The van der Waals surface area contributed by atoms with Gasteiger partial charge in [0.25, 0.3) is 0 Å². The van der Waals surface area contributed by atoms with Gasteiger partial charge in [0.1, 0.15) is 17.9 Å². The van der Waals surface area contributed by atoms with E-state index in [1.54, 1.807) is 12.5 Å². The molecular weight excluding hydrogens is 458 g/mol. The van der Waals surface area contributed by atoms with Crippen molar-refractivity contribution < 1.29 is 4.74 Å². The largest absolute Gasteiger partial charge is 0.494 e. The quantitative estimate of drug-likeness (QED) is 0.261. The summed E-state index contributed by atoms with van der Waals surface area (Å²) in [5.74, 6) is 1.89. The van der Waals surface area contributed by atoms with Gasteiger partial charge in [-0.3, -0.25) is 0 Å². The Morgan fingerprint density at radius 3 is 2.67 bits per heavy atom. The van der Waals surface area contributed by atoms with E-state index in [-0.39, 0.29) is 0 Å². The minimum Gasteiger partial charge on any atom is -0.494 e. The monoisotopic (exact) mass is 481 g/mol. The molecule has 2 heterocycles. The zero-order chi connectivity index (χ0) is 20.9. The van der Waals surface area contributed by atoms with Crippen molar-refractivity contribution in [3.8, 4) is 16.9 Å². The van der Waals surface area contributed by atoms with Crippen LogP contribution in [0.2, 0.25) is 0 Å². The molecule has 0 N–H and O–H groups in total. The third-order valence-electron chi connectivity index (χ3n) is 5.08. The lowest BCUT2D eigenvalue weighted by Gasteiger charge is -2.17. The van der Waals surface area contributed by atoms with Gasteiger partial charge in [0.05, 0.1) is 6.61 Å². The third-order valence-corrected chi connectivity index (χ3v) is 6.68. The topological polar surface area (TPSA) is 38.2 Å². The van der Waals surface area contributed by atoms with Gasteiger partial charge in [0, 0.05) is 44.8 Å². The van der Waals surface area contributed by atoms with Crippen LogP contribution < -0.4 is 9.64 Å². The average molecular weight is 482 g/mol. The van der Waals surface area contributed by atoms with E-state index in [0.717, 1.165) is 35.4 Å². The summed E-state index contributed by atoms with van der Waals surface area (Å²) in [5, 5.41) is 1.29. The molecule has 2 aromatic carbocycles. The van der Waals surface area contributed by atoms with E-state index in [4.69, 9.17) is 4.74 Å². The molecule has 154 valence electrons.